The minimum absolute atomic E-state index is 0.0436. The molecule has 0 saturated heterocycles. The van der Waals surface area contributed by atoms with E-state index in [-0.39, 0.29) is 12.2 Å². The Kier molecular flexibility index (Phi) is 4.00. The van der Waals surface area contributed by atoms with E-state index in [1.165, 1.54) is 13.1 Å². The summed E-state index contributed by atoms with van der Waals surface area (Å²) in [7, 11) is 0. The van der Waals surface area contributed by atoms with Crippen LogP contribution in [0.3, 0.4) is 0 Å². The molecule has 4 nitrogen and oxygen atoms in total. The molecule has 0 radical (unpaired) electrons. The summed E-state index contributed by atoms with van der Waals surface area (Å²) in [4.78, 5) is 10.6. The highest BCUT2D eigenvalue weighted by Gasteiger charge is 2.21. The molecule has 0 aromatic carbocycles. The molecule has 0 aliphatic heterocycles. The molecule has 1 rings (SSSR count). The molecule has 1 aromatic rings. The molecule has 0 saturated carbocycles. The van der Waals surface area contributed by atoms with E-state index < -0.39 is 18.3 Å². The highest BCUT2D eigenvalue weighted by molar-refractivity contribution is 14.1. The van der Waals surface area contributed by atoms with Crippen LogP contribution >= 0.6 is 22.6 Å². The number of carboxylic acids is 1. The van der Waals surface area contributed by atoms with Crippen LogP contribution < -0.4 is 0 Å². The predicted molar refractivity (Wildman–Crippen MR) is 56.7 cm³/mol. The zero-order chi connectivity index (χ0) is 11.6. The van der Waals surface area contributed by atoms with Crippen molar-refractivity contribution < 1.29 is 18.7 Å². The van der Waals surface area contributed by atoms with Crippen LogP contribution in [-0.4, -0.2) is 20.9 Å². The minimum atomic E-state index is -2.64. The third-order valence-electron chi connectivity index (χ3n) is 1.91. The van der Waals surface area contributed by atoms with Gasteiger partial charge in [0.25, 0.3) is 6.43 Å². The van der Waals surface area contributed by atoms with Gasteiger partial charge in [-0.3, -0.25) is 9.48 Å². The summed E-state index contributed by atoms with van der Waals surface area (Å²) >= 11 is 1.75. The molecule has 1 heterocycles. The summed E-state index contributed by atoms with van der Waals surface area (Å²) < 4.78 is 26.5. The topological polar surface area (TPSA) is 55.1 Å². The van der Waals surface area contributed by atoms with Crippen molar-refractivity contribution in [2.75, 3.05) is 0 Å². The van der Waals surface area contributed by atoms with Crippen LogP contribution in [0.4, 0.5) is 8.78 Å². The SMILES string of the molecule is CC(Cn1ncc(I)c1C(F)F)C(=O)O. The molecular formula is C8H9F2IN2O2. The standard InChI is InChI=1S/C8H9F2IN2O2/c1-4(8(14)15)3-13-6(7(9)10)5(11)2-12-13/h2,4,7H,3H2,1H3,(H,14,15). The minimum Gasteiger partial charge on any atom is -0.481 e. The van der Waals surface area contributed by atoms with Gasteiger partial charge in [-0.2, -0.15) is 5.10 Å². The maximum Gasteiger partial charge on any atom is 0.308 e. The first-order chi connectivity index (χ1) is 6.93. The molecule has 0 spiro atoms. The average molecular weight is 330 g/mol. The molecule has 1 N–H and O–H groups in total. The Balaban J connectivity index is 2.90. The van der Waals surface area contributed by atoms with Crippen LogP contribution in [0.1, 0.15) is 19.0 Å². The van der Waals surface area contributed by atoms with Crippen LogP contribution in [0.5, 0.6) is 0 Å². The molecule has 7 heteroatoms. The zero-order valence-electron chi connectivity index (χ0n) is 7.82. The van der Waals surface area contributed by atoms with Gasteiger partial charge < -0.3 is 5.11 Å². The number of carboxylic acid groups (broad SMARTS) is 1. The van der Waals surface area contributed by atoms with E-state index in [2.05, 4.69) is 5.10 Å². The lowest BCUT2D eigenvalue weighted by Crippen LogP contribution is -2.19. The number of alkyl halides is 2. The Hall–Kier alpha value is -0.730. The number of aromatic nitrogens is 2. The van der Waals surface area contributed by atoms with E-state index in [1.807, 2.05) is 0 Å². The van der Waals surface area contributed by atoms with Gasteiger partial charge in [-0.1, -0.05) is 6.92 Å². The number of carbonyl (C=O) groups is 1. The number of halogens is 3. The molecule has 1 unspecified atom stereocenters. The first-order valence-electron chi connectivity index (χ1n) is 4.15. The Morgan fingerprint density at radius 2 is 2.33 bits per heavy atom. The van der Waals surface area contributed by atoms with E-state index in [9.17, 15) is 13.6 Å². The van der Waals surface area contributed by atoms with Gasteiger partial charge in [0.1, 0.15) is 5.69 Å². The lowest BCUT2D eigenvalue weighted by atomic mass is 10.2. The fourth-order valence-corrected chi connectivity index (χ4v) is 1.71. The van der Waals surface area contributed by atoms with Crippen molar-refractivity contribution >= 4 is 28.6 Å². The number of rotatable bonds is 4. The Morgan fingerprint density at radius 3 is 2.80 bits per heavy atom. The Bertz CT molecular complexity index is 368. The van der Waals surface area contributed by atoms with Crippen molar-refractivity contribution in [3.8, 4) is 0 Å². The Labute approximate surface area is 98.4 Å². The summed E-state index contributed by atoms with van der Waals surface area (Å²) in [5, 5.41) is 12.4. The number of hydrogen-bond donors (Lipinski definition) is 1. The summed E-state index contributed by atoms with van der Waals surface area (Å²) in [6, 6.07) is 0. The van der Waals surface area contributed by atoms with E-state index in [4.69, 9.17) is 5.11 Å². The predicted octanol–water partition coefficient (Wildman–Crippen LogP) is 2.15. The van der Waals surface area contributed by atoms with Gasteiger partial charge in [0, 0.05) is 0 Å². The van der Waals surface area contributed by atoms with Crippen LogP contribution in [0.15, 0.2) is 6.20 Å². The quantitative estimate of drug-likeness (QED) is 0.861. The second-order valence-corrected chi connectivity index (χ2v) is 4.26. The molecule has 0 aliphatic rings. The largest absolute Gasteiger partial charge is 0.481 e. The van der Waals surface area contributed by atoms with Gasteiger partial charge >= 0.3 is 5.97 Å². The number of hydrogen-bond acceptors (Lipinski definition) is 2. The second-order valence-electron chi connectivity index (χ2n) is 3.10. The van der Waals surface area contributed by atoms with Crippen molar-refractivity contribution in [3.63, 3.8) is 0 Å². The summed E-state index contributed by atoms with van der Waals surface area (Å²) in [5.74, 6) is -1.76. The first kappa shape index (κ1) is 12.3. The molecule has 1 aromatic heterocycles. The number of nitrogens with zero attached hydrogens (tertiary/aromatic N) is 2. The van der Waals surface area contributed by atoms with Gasteiger partial charge in [0.15, 0.2) is 0 Å². The fourth-order valence-electron chi connectivity index (χ4n) is 1.07. The van der Waals surface area contributed by atoms with Gasteiger partial charge in [0.05, 0.1) is 22.2 Å². The highest BCUT2D eigenvalue weighted by Crippen LogP contribution is 2.24. The third kappa shape index (κ3) is 2.86. The van der Waals surface area contributed by atoms with E-state index in [1.54, 1.807) is 22.6 Å². The van der Waals surface area contributed by atoms with Crippen molar-refractivity contribution in [2.24, 2.45) is 5.92 Å². The van der Waals surface area contributed by atoms with E-state index >= 15 is 0 Å². The normalized spacial score (nSPS) is 13.1. The van der Waals surface area contributed by atoms with Crippen LogP contribution in [0.25, 0.3) is 0 Å². The van der Waals surface area contributed by atoms with Crippen LogP contribution in [0.2, 0.25) is 0 Å². The highest BCUT2D eigenvalue weighted by atomic mass is 127. The molecule has 0 fully saturated rings. The van der Waals surface area contributed by atoms with E-state index in [0.717, 1.165) is 4.68 Å². The zero-order valence-corrected chi connectivity index (χ0v) is 9.98. The smallest absolute Gasteiger partial charge is 0.308 e. The van der Waals surface area contributed by atoms with Gasteiger partial charge in [-0.05, 0) is 22.6 Å². The molecule has 84 valence electrons. The number of aliphatic carboxylic acids is 1. The van der Waals surface area contributed by atoms with E-state index in [0.29, 0.717) is 3.57 Å². The molecule has 0 bridgehead atoms. The molecular weight excluding hydrogens is 321 g/mol. The second kappa shape index (κ2) is 4.86. The fraction of sp³-hybridized carbons (Fsp3) is 0.500. The Morgan fingerprint density at radius 1 is 1.73 bits per heavy atom. The monoisotopic (exact) mass is 330 g/mol. The van der Waals surface area contributed by atoms with Crippen LogP contribution in [-0.2, 0) is 11.3 Å². The van der Waals surface area contributed by atoms with Crippen molar-refractivity contribution in [1.82, 2.24) is 9.78 Å². The summed E-state index contributed by atoms with van der Waals surface area (Å²) in [5.41, 5.74) is -0.219. The summed E-state index contributed by atoms with van der Waals surface area (Å²) in [6.45, 7) is 1.41. The van der Waals surface area contributed by atoms with Crippen molar-refractivity contribution in [3.05, 3.63) is 15.5 Å². The van der Waals surface area contributed by atoms with Crippen LogP contribution in [0, 0.1) is 9.49 Å². The molecule has 0 aliphatic carbocycles. The first-order valence-corrected chi connectivity index (χ1v) is 5.23. The lowest BCUT2D eigenvalue weighted by Gasteiger charge is -2.09. The van der Waals surface area contributed by atoms with Gasteiger partial charge in [0.2, 0.25) is 0 Å². The molecule has 15 heavy (non-hydrogen) atoms. The van der Waals surface area contributed by atoms with Gasteiger partial charge in [-0.15, -0.1) is 0 Å². The maximum absolute atomic E-state index is 12.6. The molecule has 1 atom stereocenters. The van der Waals surface area contributed by atoms with Gasteiger partial charge in [-0.25, -0.2) is 8.78 Å². The van der Waals surface area contributed by atoms with Crippen molar-refractivity contribution in [2.45, 2.75) is 19.9 Å². The molecule has 0 amide bonds. The summed E-state index contributed by atoms with van der Waals surface area (Å²) in [6.07, 6.45) is -1.34. The third-order valence-corrected chi connectivity index (χ3v) is 2.74. The lowest BCUT2D eigenvalue weighted by molar-refractivity contribution is -0.141. The average Bonchev–Trinajstić information content (AvgIpc) is 2.46. The van der Waals surface area contributed by atoms with Crippen molar-refractivity contribution in [1.29, 1.82) is 0 Å². The maximum atomic E-state index is 12.6.